The number of hydrogen-bond donors (Lipinski definition) is 1. The van der Waals surface area contributed by atoms with E-state index in [0.29, 0.717) is 25.7 Å². The molecule has 0 aromatic rings. The SMILES string of the molecule is CC1(C)[C@H](C(=O)OCOC(=O)[C@H]2CCCC[C@@H]2C(=O)O)N2C(=O)C[C@H]2S1(=O)=O. The lowest BCUT2D eigenvalue weighted by atomic mass is 9.79. The molecule has 3 fully saturated rings. The molecule has 0 aromatic heterocycles. The molecular formula is C17H23NO9S. The molecule has 2 saturated heterocycles. The Morgan fingerprint density at radius 1 is 1.11 bits per heavy atom. The molecule has 0 aromatic carbocycles. The number of sulfone groups is 1. The molecule has 11 heteroatoms. The first-order chi connectivity index (χ1) is 13.0. The van der Waals surface area contributed by atoms with Crippen molar-refractivity contribution in [2.24, 2.45) is 11.8 Å². The van der Waals surface area contributed by atoms with Crippen LogP contribution in [0.2, 0.25) is 0 Å². The second-order valence-corrected chi connectivity index (χ2v) is 10.6. The van der Waals surface area contributed by atoms with E-state index < -0.39 is 68.4 Å². The number of β-lactam (4-membered cyclic amide) rings is 1. The van der Waals surface area contributed by atoms with Gasteiger partial charge in [-0.3, -0.25) is 14.4 Å². The van der Waals surface area contributed by atoms with E-state index >= 15 is 0 Å². The van der Waals surface area contributed by atoms with E-state index in [1.165, 1.54) is 13.8 Å². The van der Waals surface area contributed by atoms with E-state index in [0.717, 1.165) is 4.90 Å². The highest BCUT2D eigenvalue weighted by Crippen LogP contribution is 2.46. The van der Waals surface area contributed by atoms with Crippen molar-refractivity contribution in [3.05, 3.63) is 0 Å². The zero-order valence-electron chi connectivity index (χ0n) is 15.6. The smallest absolute Gasteiger partial charge is 0.333 e. The average Bonchev–Trinajstić information content (AvgIpc) is 2.75. The summed E-state index contributed by atoms with van der Waals surface area (Å²) in [6, 6.07) is -1.32. The molecule has 1 aliphatic carbocycles. The molecule has 1 amide bonds. The molecule has 10 nitrogen and oxygen atoms in total. The monoisotopic (exact) mass is 417 g/mol. The van der Waals surface area contributed by atoms with Crippen LogP contribution in [0.5, 0.6) is 0 Å². The highest BCUT2D eigenvalue weighted by molar-refractivity contribution is 7.93. The third kappa shape index (κ3) is 3.05. The number of nitrogens with zero attached hydrogens (tertiary/aromatic N) is 1. The van der Waals surface area contributed by atoms with Gasteiger partial charge < -0.3 is 19.5 Å². The van der Waals surface area contributed by atoms with Gasteiger partial charge in [-0.2, -0.15) is 0 Å². The number of amides is 1. The second-order valence-electron chi connectivity index (χ2n) is 7.89. The third-order valence-electron chi connectivity index (χ3n) is 5.99. The van der Waals surface area contributed by atoms with Crippen LogP contribution in [0.1, 0.15) is 46.0 Å². The summed E-state index contributed by atoms with van der Waals surface area (Å²) in [7, 11) is -3.74. The fraction of sp³-hybridized carbons (Fsp3) is 0.765. The Hall–Kier alpha value is -2.17. The Kier molecular flexibility index (Phi) is 5.15. The van der Waals surface area contributed by atoms with Crippen molar-refractivity contribution in [1.82, 2.24) is 4.90 Å². The van der Waals surface area contributed by atoms with Gasteiger partial charge in [0.2, 0.25) is 12.7 Å². The molecule has 2 heterocycles. The third-order valence-corrected chi connectivity index (χ3v) is 8.79. The Morgan fingerprint density at radius 2 is 1.68 bits per heavy atom. The van der Waals surface area contributed by atoms with E-state index in [1.807, 2.05) is 0 Å². The van der Waals surface area contributed by atoms with E-state index in [1.54, 1.807) is 0 Å². The molecule has 28 heavy (non-hydrogen) atoms. The maximum absolute atomic E-state index is 12.5. The lowest BCUT2D eigenvalue weighted by molar-refractivity contribution is -0.180. The summed E-state index contributed by atoms with van der Waals surface area (Å²) in [5.74, 6) is -4.92. The Labute approximate surface area is 162 Å². The predicted octanol–water partition coefficient (Wildman–Crippen LogP) is 0.0553. The summed E-state index contributed by atoms with van der Waals surface area (Å²) in [6.07, 6.45) is 2.01. The Bertz CT molecular complexity index is 818. The van der Waals surface area contributed by atoms with E-state index in [2.05, 4.69) is 0 Å². The van der Waals surface area contributed by atoms with Crippen LogP contribution in [0, 0.1) is 11.8 Å². The number of carboxylic acids is 1. The molecule has 0 radical (unpaired) electrons. The predicted molar refractivity (Wildman–Crippen MR) is 92.2 cm³/mol. The van der Waals surface area contributed by atoms with Gasteiger partial charge >= 0.3 is 17.9 Å². The van der Waals surface area contributed by atoms with Gasteiger partial charge in [0.1, 0.15) is 11.4 Å². The number of esters is 2. The summed E-state index contributed by atoms with van der Waals surface area (Å²) < 4.78 is 33.3. The molecule has 3 aliphatic rings. The molecule has 1 saturated carbocycles. The van der Waals surface area contributed by atoms with Crippen molar-refractivity contribution in [1.29, 1.82) is 0 Å². The van der Waals surface area contributed by atoms with E-state index in [4.69, 9.17) is 9.47 Å². The summed E-state index contributed by atoms with van der Waals surface area (Å²) in [5.41, 5.74) is 0. The van der Waals surface area contributed by atoms with Crippen molar-refractivity contribution in [2.45, 2.75) is 62.1 Å². The zero-order chi connectivity index (χ0) is 20.9. The quantitative estimate of drug-likeness (QED) is 0.373. The molecule has 1 N–H and O–H groups in total. The molecule has 2 aliphatic heterocycles. The van der Waals surface area contributed by atoms with Gasteiger partial charge in [0.05, 0.1) is 23.0 Å². The summed E-state index contributed by atoms with van der Waals surface area (Å²) in [6.45, 7) is 1.94. The number of fused-ring (bicyclic) bond motifs is 1. The topological polar surface area (TPSA) is 144 Å². The minimum Gasteiger partial charge on any atom is -0.481 e. The molecule has 0 unspecified atom stereocenters. The summed E-state index contributed by atoms with van der Waals surface area (Å²) >= 11 is 0. The van der Waals surface area contributed by atoms with Gasteiger partial charge in [0.25, 0.3) is 0 Å². The number of carbonyl (C=O) groups is 4. The number of aliphatic carboxylic acids is 1. The van der Waals surface area contributed by atoms with Gasteiger partial charge in [-0.15, -0.1) is 0 Å². The maximum Gasteiger partial charge on any atom is 0.333 e. The fourth-order valence-corrected chi connectivity index (χ4v) is 6.37. The van der Waals surface area contributed by atoms with Gasteiger partial charge in [-0.1, -0.05) is 12.8 Å². The number of rotatable bonds is 5. The van der Waals surface area contributed by atoms with Crippen LogP contribution in [0.4, 0.5) is 0 Å². The van der Waals surface area contributed by atoms with Crippen LogP contribution in [-0.4, -0.2) is 65.2 Å². The zero-order valence-corrected chi connectivity index (χ0v) is 16.4. The van der Waals surface area contributed by atoms with Crippen LogP contribution in [-0.2, 0) is 38.5 Å². The number of carbonyl (C=O) groups excluding carboxylic acids is 3. The fourth-order valence-electron chi connectivity index (χ4n) is 4.25. The first-order valence-electron chi connectivity index (χ1n) is 9.11. The van der Waals surface area contributed by atoms with Crippen LogP contribution in [0.3, 0.4) is 0 Å². The minimum atomic E-state index is -3.74. The van der Waals surface area contributed by atoms with Crippen LogP contribution in [0.25, 0.3) is 0 Å². The van der Waals surface area contributed by atoms with E-state index in [-0.39, 0.29) is 6.42 Å². The van der Waals surface area contributed by atoms with Gasteiger partial charge in [0, 0.05) is 0 Å². The molecule has 0 bridgehead atoms. The normalized spacial score (nSPS) is 32.8. The first kappa shape index (κ1) is 20.6. The molecular weight excluding hydrogens is 394 g/mol. The Morgan fingerprint density at radius 3 is 2.25 bits per heavy atom. The van der Waals surface area contributed by atoms with Crippen LogP contribution >= 0.6 is 0 Å². The maximum atomic E-state index is 12.5. The standard InChI is InChI=1S/C17H23NO9S/c1-17(2)13(18-11(19)7-12(18)28(17,24)25)16(23)27-8-26-15(22)10-6-4-3-5-9(10)14(20)21/h9-10,12-13H,3-8H2,1-2H3,(H,20,21)/t9-,10-,12+,13-/m0/s1. The second kappa shape index (κ2) is 7.02. The van der Waals surface area contributed by atoms with Crippen molar-refractivity contribution in [2.75, 3.05) is 6.79 Å². The van der Waals surface area contributed by atoms with Gasteiger partial charge in [-0.05, 0) is 26.7 Å². The van der Waals surface area contributed by atoms with Crippen molar-refractivity contribution < 1.29 is 42.2 Å². The average molecular weight is 417 g/mol. The molecule has 156 valence electrons. The largest absolute Gasteiger partial charge is 0.481 e. The Balaban J connectivity index is 1.61. The van der Waals surface area contributed by atoms with Crippen LogP contribution < -0.4 is 0 Å². The van der Waals surface area contributed by atoms with E-state index in [9.17, 15) is 32.7 Å². The van der Waals surface area contributed by atoms with Crippen molar-refractivity contribution in [3.8, 4) is 0 Å². The van der Waals surface area contributed by atoms with Gasteiger partial charge in [0.15, 0.2) is 9.84 Å². The first-order valence-corrected chi connectivity index (χ1v) is 10.7. The number of ether oxygens (including phenoxy) is 2. The molecule has 4 atom stereocenters. The minimum absolute atomic E-state index is 0.164. The molecule has 3 rings (SSSR count). The number of carboxylic acid groups (broad SMARTS) is 1. The number of hydrogen-bond acceptors (Lipinski definition) is 8. The lowest BCUT2D eigenvalue weighted by Gasteiger charge is -2.36. The summed E-state index contributed by atoms with van der Waals surface area (Å²) in [5, 5.41) is 8.19. The lowest BCUT2D eigenvalue weighted by Crippen LogP contribution is -2.57. The van der Waals surface area contributed by atoms with Crippen molar-refractivity contribution >= 4 is 33.7 Å². The molecule has 0 spiro atoms. The van der Waals surface area contributed by atoms with Crippen LogP contribution in [0.15, 0.2) is 0 Å². The van der Waals surface area contributed by atoms with Gasteiger partial charge in [-0.25, -0.2) is 13.2 Å². The highest BCUT2D eigenvalue weighted by atomic mass is 32.2. The summed E-state index contributed by atoms with van der Waals surface area (Å²) in [4.78, 5) is 48.7. The highest BCUT2D eigenvalue weighted by Gasteiger charge is 2.68. The van der Waals surface area contributed by atoms with Crippen molar-refractivity contribution in [3.63, 3.8) is 0 Å².